The second-order valence-electron chi connectivity index (χ2n) is 4.38. The van der Waals surface area contributed by atoms with Crippen molar-refractivity contribution in [3.05, 3.63) is 12.7 Å². The molecule has 0 aromatic heterocycles. The second kappa shape index (κ2) is 11.0. The third-order valence-corrected chi connectivity index (χ3v) is 9.25. The highest BCUT2D eigenvalue weighted by Gasteiger charge is 2.29. The summed E-state index contributed by atoms with van der Waals surface area (Å²) in [7, 11) is -4.50. The molecule has 0 aliphatic carbocycles. The first kappa shape index (κ1) is 20.4. The van der Waals surface area contributed by atoms with E-state index < -0.39 is 23.1 Å². The highest BCUT2D eigenvalue weighted by atomic mass is 32.2. The minimum Gasteiger partial charge on any atom is -0.748 e. The lowest BCUT2D eigenvalue weighted by Gasteiger charge is -2.23. The summed E-state index contributed by atoms with van der Waals surface area (Å²) in [5.41, 5.74) is 0. The smallest absolute Gasteiger partial charge is 0.0982 e. The van der Waals surface area contributed by atoms with E-state index in [-0.39, 0.29) is 0 Å². The van der Waals surface area contributed by atoms with Gasteiger partial charge in [0.2, 0.25) is 0 Å². The Hall–Kier alpha value is 0.0800. The molecule has 0 aliphatic rings. The van der Waals surface area contributed by atoms with Crippen molar-refractivity contribution in [2.75, 3.05) is 30.4 Å². The molecular weight excluding hydrogens is 267 g/mol. The third-order valence-electron chi connectivity index (χ3n) is 3.32. The fraction of sp³-hybridized carbons (Fsp3) is 0.846. The average Bonchev–Trinajstić information content (AvgIpc) is 2.31. The Morgan fingerprint density at radius 1 is 1.11 bits per heavy atom. The minimum absolute atomic E-state index is 0.455. The summed E-state index contributed by atoms with van der Waals surface area (Å²) < 4.78 is 28.8. The van der Waals surface area contributed by atoms with E-state index in [2.05, 4.69) is 34.3 Å². The lowest BCUT2D eigenvalue weighted by molar-refractivity contribution is 0.466. The van der Waals surface area contributed by atoms with Crippen LogP contribution in [-0.4, -0.2) is 43.4 Å². The van der Waals surface area contributed by atoms with Crippen LogP contribution in [0, 0.1) is 0 Å². The van der Waals surface area contributed by atoms with Crippen molar-refractivity contribution >= 4 is 17.4 Å². The maximum atomic E-state index is 9.60. The Labute approximate surface area is 114 Å². The van der Waals surface area contributed by atoms with Crippen LogP contribution in [0.3, 0.4) is 0 Å². The molecule has 18 heavy (non-hydrogen) atoms. The van der Waals surface area contributed by atoms with Crippen LogP contribution in [-0.2, 0) is 10.1 Å². The van der Waals surface area contributed by atoms with Crippen molar-refractivity contribution in [2.45, 2.75) is 40.5 Å². The first-order valence-electron chi connectivity index (χ1n) is 6.70. The molecule has 0 unspecified atom stereocenters. The summed E-state index contributed by atoms with van der Waals surface area (Å²) in [6.07, 6.45) is 9.86. The summed E-state index contributed by atoms with van der Waals surface area (Å²) in [4.78, 5) is 0. The van der Waals surface area contributed by atoms with Crippen LogP contribution in [0.1, 0.15) is 40.5 Å². The van der Waals surface area contributed by atoms with E-state index in [4.69, 9.17) is 0 Å². The lowest BCUT2D eigenvalue weighted by atomic mass is 10.4. The fourth-order valence-electron chi connectivity index (χ4n) is 1.78. The molecule has 0 saturated heterocycles. The molecule has 0 aromatic rings. The Morgan fingerprint density at radius 2 is 1.56 bits per heavy atom. The molecule has 0 N–H and O–H groups in total. The number of hydrogen-bond donors (Lipinski definition) is 0. The number of hydrogen-bond acceptors (Lipinski definition) is 3. The Bertz CT molecular complexity index is 287. The fourth-order valence-corrected chi connectivity index (χ4v) is 5.35. The van der Waals surface area contributed by atoms with Gasteiger partial charge in [0.15, 0.2) is 0 Å². The zero-order chi connectivity index (χ0) is 14.7. The largest absolute Gasteiger partial charge is 0.748 e. The quantitative estimate of drug-likeness (QED) is 0.391. The van der Waals surface area contributed by atoms with Crippen LogP contribution in [0.15, 0.2) is 12.7 Å². The summed E-state index contributed by atoms with van der Waals surface area (Å²) in [6, 6.07) is 0. The maximum absolute atomic E-state index is 9.60. The van der Waals surface area contributed by atoms with Gasteiger partial charge in [0.1, 0.15) is 0 Å². The van der Waals surface area contributed by atoms with Crippen LogP contribution < -0.4 is 0 Å². The second-order valence-corrected chi connectivity index (χ2v) is 10.9. The van der Waals surface area contributed by atoms with Gasteiger partial charge < -0.3 is 4.55 Å². The SMILES string of the molecule is C=CCS(=O)(=O)[O-].CCCC[P+](CC)(CC)CC. The highest BCUT2D eigenvalue weighted by Crippen LogP contribution is 2.58. The van der Waals surface area contributed by atoms with E-state index in [1.54, 1.807) is 6.16 Å². The van der Waals surface area contributed by atoms with Gasteiger partial charge in [0.05, 0.1) is 40.5 Å². The van der Waals surface area contributed by atoms with Crippen molar-refractivity contribution in [3.63, 3.8) is 0 Å². The summed E-state index contributed by atoms with van der Waals surface area (Å²) in [6.45, 7) is 12.5. The molecule has 0 atom stereocenters. The standard InChI is InChI=1S/C10H24P.C3H6O3S/c1-5-9-10-11(6-2,7-3)8-4;1-2-3-7(4,5)6/h5-10H2,1-4H3;2H,1,3H2,(H,4,5,6)/q+1;/p-1. The molecule has 0 aromatic carbocycles. The van der Waals surface area contributed by atoms with Gasteiger partial charge in [-0.05, 0) is 27.2 Å². The first-order valence-corrected chi connectivity index (χ1v) is 10.8. The molecule has 0 amide bonds. The van der Waals surface area contributed by atoms with Crippen molar-refractivity contribution in [1.82, 2.24) is 0 Å². The molecule has 0 aliphatic heterocycles. The first-order chi connectivity index (χ1) is 8.30. The molecular formula is C13H29O3PS. The zero-order valence-corrected chi connectivity index (χ0v) is 14.0. The summed E-state index contributed by atoms with van der Waals surface area (Å²) in [5.74, 6) is -0.479. The van der Waals surface area contributed by atoms with Gasteiger partial charge in [-0.2, -0.15) is 0 Å². The predicted octanol–water partition coefficient (Wildman–Crippen LogP) is 3.58. The van der Waals surface area contributed by atoms with Crippen LogP contribution in [0.2, 0.25) is 0 Å². The minimum atomic E-state index is -4.04. The van der Waals surface area contributed by atoms with Gasteiger partial charge in [-0.25, -0.2) is 8.42 Å². The topological polar surface area (TPSA) is 57.2 Å². The highest BCUT2D eigenvalue weighted by molar-refractivity contribution is 7.85. The summed E-state index contributed by atoms with van der Waals surface area (Å²) >= 11 is 0. The molecule has 5 heteroatoms. The Morgan fingerprint density at radius 3 is 1.72 bits per heavy atom. The lowest BCUT2D eigenvalue weighted by Crippen LogP contribution is -2.06. The van der Waals surface area contributed by atoms with Crippen LogP contribution >= 0.6 is 7.26 Å². The van der Waals surface area contributed by atoms with Gasteiger partial charge >= 0.3 is 0 Å². The molecule has 110 valence electrons. The van der Waals surface area contributed by atoms with Crippen molar-refractivity contribution in [2.24, 2.45) is 0 Å². The van der Waals surface area contributed by atoms with Crippen LogP contribution in [0.25, 0.3) is 0 Å². The normalized spacial score (nSPS) is 11.6. The van der Waals surface area contributed by atoms with Crippen molar-refractivity contribution < 1.29 is 13.0 Å². The molecule has 0 fully saturated rings. The van der Waals surface area contributed by atoms with Gasteiger partial charge in [0, 0.05) is 7.26 Å². The molecule has 0 heterocycles. The van der Waals surface area contributed by atoms with Gasteiger partial charge in [-0.3, -0.25) is 0 Å². The van der Waals surface area contributed by atoms with Crippen molar-refractivity contribution in [3.8, 4) is 0 Å². The van der Waals surface area contributed by atoms with E-state index in [1.807, 2.05) is 0 Å². The Kier molecular flexibility index (Phi) is 12.4. The molecule has 3 nitrogen and oxygen atoms in total. The molecule has 0 bridgehead atoms. The van der Waals surface area contributed by atoms with Crippen LogP contribution in [0.5, 0.6) is 0 Å². The van der Waals surface area contributed by atoms with Crippen LogP contribution in [0.4, 0.5) is 0 Å². The monoisotopic (exact) mass is 296 g/mol. The maximum Gasteiger partial charge on any atom is 0.0982 e. The molecule has 0 spiro atoms. The van der Waals surface area contributed by atoms with Gasteiger partial charge in [-0.15, -0.1) is 6.58 Å². The summed E-state index contributed by atoms with van der Waals surface area (Å²) in [5, 5.41) is 0. The average molecular weight is 296 g/mol. The zero-order valence-electron chi connectivity index (χ0n) is 12.3. The number of unbranched alkanes of at least 4 members (excludes halogenated alkanes) is 1. The Balaban J connectivity index is 0. The predicted molar refractivity (Wildman–Crippen MR) is 83.1 cm³/mol. The van der Waals surface area contributed by atoms with Gasteiger partial charge in [-0.1, -0.05) is 19.4 Å². The molecule has 0 radical (unpaired) electrons. The van der Waals surface area contributed by atoms with Gasteiger partial charge in [0.25, 0.3) is 0 Å². The molecule has 0 rings (SSSR count). The van der Waals surface area contributed by atoms with E-state index in [1.165, 1.54) is 31.3 Å². The number of rotatable bonds is 8. The van der Waals surface area contributed by atoms with E-state index in [0.29, 0.717) is 0 Å². The van der Waals surface area contributed by atoms with E-state index in [9.17, 15) is 13.0 Å². The third kappa shape index (κ3) is 11.2. The molecule has 0 saturated carbocycles. The van der Waals surface area contributed by atoms with E-state index in [0.717, 1.165) is 6.08 Å². The van der Waals surface area contributed by atoms with Crippen molar-refractivity contribution in [1.29, 1.82) is 0 Å². The van der Waals surface area contributed by atoms with E-state index >= 15 is 0 Å².